The van der Waals surface area contributed by atoms with Gasteiger partial charge >= 0.3 is 0 Å². The molecule has 2 radical (unpaired) electrons. The minimum atomic E-state index is -0.195. The Kier molecular flexibility index (Phi) is 3.19. The number of aromatic nitrogens is 2. The SMILES string of the molecule is [B]C(=O)C1CCN(c2ncc3ccccc3n2)CC1. The fraction of sp³-hybridized carbons (Fsp3) is 0.357. The lowest BCUT2D eigenvalue weighted by atomic mass is 9.83. The Hall–Kier alpha value is -1.91. The summed E-state index contributed by atoms with van der Waals surface area (Å²) in [5, 5.41) is 1.04. The van der Waals surface area contributed by atoms with Crippen LogP contribution in [0.3, 0.4) is 0 Å². The van der Waals surface area contributed by atoms with E-state index in [9.17, 15) is 4.79 Å². The number of fused-ring (bicyclic) bond motifs is 1. The van der Waals surface area contributed by atoms with Crippen molar-refractivity contribution >= 4 is 30.4 Å². The van der Waals surface area contributed by atoms with Gasteiger partial charge in [-0.1, -0.05) is 18.2 Å². The van der Waals surface area contributed by atoms with Crippen molar-refractivity contribution in [3.8, 4) is 0 Å². The van der Waals surface area contributed by atoms with Crippen molar-refractivity contribution in [2.24, 2.45) is 5.92 Å². The Balaban J connectivity index is 1.80. The van der Waals surface area contributed by atoms with Crippen LogP contribution in [-0.2, 0) is 4.79 Å². The zero-order chi connectivity index (χ0) is 13.2. The maximum atomic E-state index is 11.1. The zero-order valence-corrected chi connectivity index (χ0v) is 10.6. The van der Waals surface area contributed by atoms with Gasteiger partial charge in [-0.2, -0.15) is 0 Å². The van der Waals surface area contributed by atoms with E-state index in [0.29, 0.717) is 0 Å². The summed E-state index contributed by atoms with van der Waals surface area (Å²) in [6, 6.07) is 7.93. The molecule has 1 aliphatic rings. The Bertz CT molecular complexity index is 608. The van der Waals surface area contributed by atoms with Gasteiger partial charge in [0.15, 0.2) is 7.85 Å². The normalized spacial score (nSPS) is 16.7. The number of piperidine rings is 1. The van der Waals surface area contributed by atoms with Crippen molar-refractivity contribution in [3.05, 3.63) is 30.5 Å². The Labute approximate surface area is 113 Å². The van der Waals surface area contributed by atoms with E-state index in [1.54, 1.807) is 0 Å². The number of benzene rings is 1. The molecular weight excluding hydrogens is 237 g/mol. The number of carbonyl (C=O) groups is 1. The molecule has 0 amide bonds. The molecule has 4 nitrogen and oxygen atoms in total. The first-order valence-electron chi connectivity index (χ1n) is 6.50. The topological polar surface area (TPSA) is 46.1 Å². The van der Waals surface area contributed by atoms with E-state index >= 15 is 0 Å². The second kappa shape index (κ2) is 5.00. The summed E-state index contributed by atoms with van der Waals surface area (Å²) in [5.41, 5.74) is 0.753. The monoisotopic (exact) mass is 251 g/mol. The number of carbonyl (C=O) groups excluding carboxylic acids is 1. The summed E-state index contributed by atoms with van der Waals surface area (Å²) in [7, 11) is 5.34. The van der Waals surface area contributed by atoms with Crippen molar-refractivity contribution in [2.45, 2.75) is 12.8 Å². The van der Waals surface area contributed by atoms with E-state index in [1.165, 1.54) is 0 Å². The Morgan fingerprint density at radius 1 is 1.26 bits per heavy atom. The minimum Gasteiger partial charge on any atom is -0.341 e. The van der Waals surface area contributed by atoms with Gasteiger partial charge in [-0.3, -0.25) is 0 Å². The molecule has 0 unspecified atom stereocenters. The number of hydrogen-bond donors (Lipinski definition) is 0. The fourth-order valence-electron chi connectivity index (χ4n) is 2.48. The maximum Gasteiger partial charge on any atom is 0.225 e. The van der Waals surface area contributed by atoms with Gasteiger partial charge in [0, 0.05) is 30.6 Å². The van der Waals surface area contributed by atoms with Gasteiger partial charge in [0.25, 0.3) is 0 Å². The molecule has 3 rings (SSSR count). The first kappa shape index (κ1) is 12.1. The van der Waals surface area contributed by atoms with Gasteiger partial charge in [0.1, 0.15) is 0 Å². The van der Waals surface area contributed by atoms with Crippen LogP contribution in [0, 0.1) is 5.92 Å². The van der Waals surface area contributed by atoms with E-state index in [1.807, 2.05) is 30.5 Å². The number of hydrogen-bond acceptors (Lipinski definition) is 4. The van der Waals surface area contributed by atoms with Gasteiger partial charge in [-0.15, -0.1) is 0 Å². The summed E-state index contributed by atoms with van der Waals surface area (Å²) < 4.78 is 0. The highest BCUT2D eigenvalue weighted by Gasteiger charge is 2.23. The minimum absolute atomic E-state index is 0.00305. The van der Waals surface area contributed by atoms with Crippen molar-refractivity contribution < 1.29 is 4.79 Å². The van der Waals surface area contributed by atoms with Crippen LogP contribution >= 0.6 is 0 Å². The number of nitrogens with zero attached hydrogens (tertiary/aromatic N) is 3. The number of anilines is 1. The van der Waals surface area contributed by atoms with Gasteiger partial charge in [-0.25, -0.2) is 9.97 Å². The van der Waals surface area contributed by atoms with Crippen LogP contribution in [0.1, 0.15) is 12.8 Å². The molecule has 0 spiro atoms. The van der Waals surface area contributed by atoms with Crippen LogP contribution in [0.5, 0.6) is 0 Å². The predicted octanol–water partition coefficient (Wildman–Crippen LogP) is 1.54. The average Bonchev–Trinajstić information content (AvgIpc) is 2.47. The molecule has 1 aliphatic heterocycles. The van der Waals surface area contributed by atoms with Crippen molar-refractivity contribution in [1.82, 2.24) is 9.97 Å². The van der Waals surface area contributed by atoms with Crippen LogP contribution in [0.15, 0.2) is 30.5 Å². The van der Waals surface area contributed by atoms with Crippen LogP contribution in [-0.4, -0.2) is 36.6 Å². The molecule has 19 heavy (non-hydrogen) atoms. The van der Waals surface area contributed by atoms with E-state index in [4.69, 9.17) is 7.85 Å². The summed E-state index contributed by atoms with van der Waals surface area (Å²) in [6.45, 7) is 1.57. The Morgan fingerprint density at radius 2 is 2.00 bits per heavy atom. The first-order chi connectivity index (χ1) is 9.24. The van der Waals surface area contributed by atoms with E-state index in [2.05, 4.69) is 14.9 Å². The van der Waals surface area contributed by atoms with E-state index < -0.39 is 0 Å². The van der Waals surface area contributed by atoms with Gasteiger partial charge in [0.05, 0.1) is 11.2 Å². The summed E-state index contributed by atoms with van der Waals surface area (Å²) in [6.07, 6.45) is 3.41. The van der Waals surface area contributed by atoms with Crippen molar-refractivity contribution in [3.63, 3.8) is 0 Å². The van der Waals surface area contributed by atoms with Crippen LogP contribution in [0.2, 0.25) is 0 Å². The molecule has 0 aliphatic carbocycles. The maximum absolute atomic E-state index is 11.1. The fourth-order valence-corrected chi connectivity index (χ4v) is 2.48. The highest BCUT2D eigenvalue weighted by Crippen LogP contribution is 2.22. The molecule has 1 aromatic heterocycles. The molecule has 0 saturated carbocycles. The molecule has 5 heteroatoms. The molecule has 1 aromatic carbocycles. The summed E-state index contributed by atoms with van der Waals surface area (Å²) in [5.74, 6) is 0.735. The molecule has 1 fully saturated rings. The Morgan fingerprint density at radius 3 is 2.74 bits per heavy atom. The molecule has 0 bridgehead atoms. The zero-order valence-electron chi connectivity index (χ0n) is 10.6. The van der Waals surface area contributed by atoms with Gasteiger partial charge in [0.2, 0.25) is 5.95 Å². The second-order valence-electron chi connectivity index (χ2n) is 4.89. The summed E-state index contributed by atoms with van der Waals surface area (Å²) >= 11 is 0. The third-order valence-corrected chi connectivity index (χ3v) is 3.66. The quantitative estimate of drug-likeness (QED) is 0.759. The third kappa shape index (κ3) is 2.45. The third-order valence-electron chi connectivity index (χ3n) is 3.66. The van der Waals surface area contributed by atoms with Crippen LogP contribution in [0.4, 0.5) is 5.95 Å². The molecule has 2 aromatic rings. The van der Waals surface area contributed by atoms with E-state index in [0.717, 1.165) is 42.8 Å². The molecule has 0 N–H and O–H groups in total. The van der Waals surface area contributed by atoms with Crippen LogP contribution in [0.25, 0.3) is 10.9 Å². The smallest absolute Gasteiger partial charge is 0.225 e. The molecule has 1 saturated heterocycles. The summed E-state index contributed by atoms with van der Waals surface area (Å²) in [4.78, 5) is 22.2. The number of rotatable bonds is 2. The lowest BCUT2D eigenvalue weighted by Gasteiger charge is -2.31. The standard InChI is InChI=1S/C14H14BN3O/c15-13(19)10-5-7-18(8-6-10)14-16-9-11-3-1-2-4-12(11)17-14/h1-4,9-10H,5-8H2. The molecular formula is C14H14BN3O. The average molecular weight is 251 g/mol. The van der Waals surface area contributed by atoms with Crippen molar-refractivity contribution in [1.29, 1.82) is 0 Å². The lowest BCUT2D eigenvalue weighted by molar-refractivity contribution is -0.115. The number of para-hydroxylation sites is 1. The largest absolute Gasteiger partial charge is 0.341 e. The highest BCUT2D eigenvalue weighted by molar-refractivity contribution is 6.58. The predicted molar refractivity (Wildman–Crippen MR) is 75.2 cm³/mol. The highest BCUT2D eigenvalue weighted by atomic mass is 16.1. The van der Waals surface area contributed by atoms with E-state index in [-0.39, 0.29) is 11.6 Å². The second-order valence-corrected chi connectivity index (χ2v) is 4.89. The van der Waals surface area contributed by atoms with Gasteiger partial charge in [-0.05, 0) is 18.9 Å². The van der Waals surface area contributed by atoms with Crippen molar-refractivity contribution in [2.75, 3.05) is 18.0 Å². The molecule has 94 valence electrons. The molecule has 0 atom stereocenters. The molecule has 2 heterocycles. The van der Waals surface area contributed by atoms with Crippen LogP contribution < -0.4 is 4.90 Å². The van der Waals surface area contributed by atoms with Gasteiger partial charge < -0.3 is 9.69 Å². The first-order valence-corrected chi connectivity index (χ1v) is 6.50. The lowest BCUT2D eigenvalue weighted by Crippen LogP contribution is -2.37.